The number of esters is 1. The molecule has 0 spiro atoms. The summed E-state index contributed by atoms with van der Waals surface area (Å²) in [6.45, 7) is 2.44. The number of hydrogen-bond donors (Lipinski definition) is 2. The molecule has 130 valence electrons. The highest BCUT2D eigenvalue weighted by Crippen LogP contribution is 2.14. The minimum atomic E-state index is -0.711. The van der Waals surface area contributed by atoms with E-state index in [1.54, 1.807) is 25.1 Å². The number of rotatable bonds is 5. The van der Waals surface area contributed by atoms with Crippen LogP contribution in [0.2, 0.25) is 0 Å². The maximum absolute atomic E-state index is 13.4. The fourth-order valence-electron chi connectivity index (χ4n) is 2.01. The van der Waals surface area contributed by atoms with Crippen molar-refractivity contribution in [2.45, 2.75) is 13.8 Å². The van der Waals surface area contributed by atoms with Gasteiger partial charge in [0.25, 0.3) is 5.91 Å². The highest BCUT2D eigenvalue weighted by Gasteiger charge is 2.12. The highest BCUT2D eigenvalue weighted by atomic mass is 19.1. The molecule has 0 fully saturated rings. The van der Waals surface area contributed by atoms with E-state index in [-0.39, 0.29) is 17.2 Å². The van der Waals surface area contributed by atoms with Crippen molar-refractivity contribution in [2.75, 3.05) is 17.2 Å². The Morgan fingerprint density at radius 2 is 1.76 bits per heavy atom. The monoisotopic (exact) mass is 344 g/mol. The Morgan fingerprint density at radius 3 is 2.44 bits per heavy atom. The van der Waals surface area contributed by atoms with Gasteiger partial charge in [0.2, 0.25) is 5.91 Å². The van der Waals surface area contributed by atoms with Gasteiger partial charge in [0, 0.05) is 18.3 Å². The van der Waals surface area contributed by atoms with Gasteiger partial charge in [-0.3, -0.25) is 9.59 Å². The van der Waals surface area contributed by atoms with Gasteiger partial charge in [0.1, 0.15) is 5.82 Å². The minimum Gasteiger partial charge on any atom is -0.452 e. The fourth-order valence-corrected chi connectivity index (χ4v) is 2.01. The van der Waals surface area contributed by atoms with Gasteiger partial charge in [-0.25, -0.2) is 9.18 Å². The molecule has 2 amide bonds. The molecule has 2 aromatic carbocycles. The summed E-state index contributed by atoms with van der Waals surface area (Å²) in [4.78, 5) is 34.8. The average Bonchev–Trinajstić information content (AvgIpc) is 2.55. The van der Waals surface area contributed by atoms with Crippen LogP contribution in [-0.4, -0.2) is 24.4 Å². The Labute approximate surface area is 144 Å². The molecule has 2 rings (SSSR count). The van der Waals surface area contributed by atoms with E-state index in [2.05, 4.69) is 10.6 Å². The van der Waals surface area contributed by atoms with Crippen LogP contribution in [0.4, 0.5) is 15.8 Å². The molecule has 2 N–H and O–H groups in total. The molecule has 25 heavy (non-hydrogen) atoms. The fraction of sp³-hybridized carbons (Fsp3) is 0.167. The van der Waals surface area contributed by atoms with Crippen LogP contribution >= 0.6 is 0 Å². The lowest BCUT2D eigenvalue weighted by molar-refractivity contribution is -0.119. The number of benzene rings is 2. The van der Waals surface area contributed by atoms with Crippen LogP contribution in [0.1, 0.15) is 22.8 Å². The zero-order valence-electron chi connectivity index (χ0n) is 13.8. The van der Waals surface area contributed by atoms with Crippen molar-refractivity contribution in [1.82, 2.24) is 0 Å². The lowest BCUT2D eigenvalue weighted by atomic mass is 10.2. The molecule has 0 aliphatic carbocycles. The molecule has 0 unspecified atom stereocenters. The van der Waals surface area contributed by atoms with Gasteiger partial charge in [0.05, 0.1) is 5.56 Å². The van der Waals surface area contributed by atoms with Gasteiger partial charge in [0.15, 0.2) is 6.61 Å². The van der Waals surface area contributed by atoms with E-state index >= 15 is 0 Å². The number of amides is 2. The first-order valence-corrected chi connectivity index (χ1v) is 7.46. The summed E-state index contributed by atoms with van der Waals surface area (Å²) in [5.74, 6) is -2.01. The van der Waals surface area contributed by atoms with Crippen LogP contribution < -0.4 is 10.6 Å². The Balaban J connectivity index is 1.91. The molecule has 0 heterocycles. The number of ether oxygens (including phenoxy) is 1. The van der Waals surface area contributed by atoms with Crippen LogP contribution in [0, 0.1) is 12.7 Å². The van der Waals surface area contributed by atoms with E-state index in [1.165, 1.54) is 31.2 Å². The topological polar surface area (TPSA) is 84.5 Å². The zero-order valence-corrected chi connectivity index (χ0v) is 13.8. The number of halogens is 1. The van der Waals surface area contributed by atoms with E-state index in [0.29, 0.717) is 11.3 Å². The Hall–Kier alpha value is -3.22. The molecule has 0 atom stereocenters. The molecule has 0 bridgehead atoms. The maximum Gasteiger partial charge on any atom is 0.338 e. The molecule has 0 saturated heterocycles. The predicted octanol–water partition coefficient (Wildman–Crippen LogP) is 2.89. The van der Waals surface area contributed by atoms with Crippen molar-refractivity contribution in [3.63, 3.8) is 0 Å². The second kappa shape index (κ2) is 8.05. The van der Waals surface area contributed by atoms with Gasteiger partial charge in [-0.05, 0) is 42.8 Å². The normalized spacial score (nSPS) is 10.0. The number of aryl methyl sites for hydroxylation is 1. The summed E-state index contributed by atoms with van der Waals surface area (Å²) in [6.07, 6.45) is 0. The molecule has 2 aromatic rings. The number of nitrogens with one attached hydrogen (secondary N) is 2. The van der Waals surface area contributed by atoms with Crippen LogP contribution in [0.15, 0.2) is 42.5 Å². The summed E-state index contributed by atoms with van der Waals surface area (Å²) >= 11 is 0. The van der Waals surface area contributed by atoms with Crippen molar-refractivity contribution in [1.29, 1.82) is 0 Å². The summed E-state index contributed by atoms with van der Waals surface area (Å²) < 4.78 is 18.3. The van der Waals surface area contributed by atoms with Crippen LogP contribution in [-0.2, 0) is 14.3 Å². The lowest BCUT2D eigenvalue weighted by Crippen LogP contribution is -2.21. The second-order valence-corrected chi connectivity index (χ2v) is 5.35. The standard InChI is InChI=1S/C18H17FN2O4/c1-11-6-7-15(9-16(11)19)21-17(23)10-25-18(24)13-4-3-5-14(8-13)20-12(2)22/h3-9H,10H2,1-2H3,(H,20,22)(H,21,23). The number of hydrogen-bond acceptors (Lipinski definition) is 4. The molecular weight excluding hydrogens is 327 g/mol. The van der Waals surface area contributed by atoms with E-state index in [9.17, 15) is 18.8 Å². The summed E-state index contributed by atoms with van der Waals surface area (Å²) in [5.41, 5.74) is 1.38. The van der Waals surface area contributed by atoms with Gasteiger partial charge >= 0.3 is 5.97 Å². The molecule has 0 aliphatic heterocycles. The zero-order chi connectivity index (χ0) is 18.4. The summed E-state index contributed by atoms with van der Waals surface area (Å²) in [7, 11) is 0. The molecular formula is C18H17FN2O4. The van der Waals surface area contributed by atoms with Gasteiger partial charge in [-0.15, -0.1) is 0 Å². The highest BCUT2D eigenvalue weighted by molar-refractivity contribution is 5.96. The van der Waals surface area contributed by atoms with Gasteiger partial charge in [-0.1, -0.05) is 12.1 Å². The first-order chi connectivity index (χ1) is 11.8. The van der Waals surface area contributed by atoms with E-state index < -0.39 is 24.3 Å². The molecule has 7 heteroatoms. The van der Waals surface area contributed by atoms with Crippen molar-refractivity contribution in [2.24, 2.45) is 0 Å². The van der Waals surface area contributed by atoms with Crippen molar-refractivity contribution < 1.29 is 23.5 Å². The third kappa shape index (κ3) is 5.42. The predicted molar refractivity (Wildman–Crippen MR) is 90.8 cm³/mol. The van der Waals surface area contributed by atoms with E-state index in [4.69, 9.17) is 4.74 Å². The van der Waals surface area contributed by atoms with Crippen LogP contribution in [0.3, 0.4) is 0 Å². The van der Waals surface area contributed by atoms with E-state index in [0.717, 1.165) is 0 Å². The SMILES string of the molecule is CC(=O)Nc1cccc(C(=O)OCC(=O)Nc2ccc(C)c(F)c2)c1. The van der Waals surface area contributed by atoms with E-state index in [1.807, 2.05) is 0 Å². The van der Waals surface area contributed by atoms with Crippen molar-refractivity contribution >= 4 is 29.2 Å². The largest absolute Gasteiger partial charge is 0.452 e. The van der Waals surface area contributed by atoms with Crippen LogP contribution in [0.25, 0.3) is 0 Å². The Morgan fingerprint density at radius 1 is 1.04 bits per heavy atom. The number of carbonyl (C=O) groups is 3. The Bertz CT molecular complexity index is 820. The first kappa shape index (κ1) is 18.1. The minimum absolute atomic E-state index is 0.195. The van der Waals surface area contributed by atoms with Gasteiger partial charge < -0.3 is 15.4 Å². The molecule has 0 radical (unpaired) electrons. The van der Waals surface area contributed by atoms with Gasteiger partial charge in [-0.2, -0.15) is 0 Å². The van der Waals surface area contributed by atoms with Crippen LogP contribution in [0.5, 0.6) is 0 Å². The smallest absolute Gasteiger partial charge is 0.338 e. The maximum atomic E-state index is 13.4. The van der Waals surface area contributed by atoms with Crippen molar-refractivity contribution in [3.05, 3.63) is 59.4 Å². The number of carbonyl (C=O) groups excluding carboxylic acids is 3. The summed E-state index contributed by atoms with van der Waals surface area (Å²) in [6, 6.07) is 10.4. The molecule has 0 saturated carbocycles. The third-order valence-corrected chi connectivity index (χ3v) is 3.21. The average molecular weight is 344 g/mol. The Kier molecular flexibility index (Phi) is 5.84. The lowest BCUT2D eigenvalue weighted by Gasteiger charge is -2.08. The summed E-state index contributed by atoms with van der Waals surface area (Å²) in [5, 5.41) is 4.99. The first-order valence-electron chi connectivity index (χ1n) is 7.46. The molecule has 0 aromatic heterocycles. The third-order valence-electron chi connectivity index (χ3n) is 3.21. The molecule has 6 nitrogen and oxygen atoms in total. The second-order valence-electron chi connectivity index (χ2n) is 5.35. The van der Waals surface area contributed by atoms with Crippen molar-refractivity contribution in [3.8, 4) is 0 Å². The molecule has 0 aliphatic rings. The quantitative estimate of drug-likeness (QED) is 0.817. The number of anilines is 2.